The fraction of sp³-hybridized carbons (Fsp3) is 0.500. The van der Waals surface area contributed by atoms with Crippen LogP contribution in [-0.2, 0) is 26.0 Å². The molecule has 38 heavy (non-hydrogen) atoms. The van der Waals surface area contributed by atoms with E-state index in [1.807, 2.05) is 20.8 Å². The number of sulfonamides is 1. The number of rotatable bonds is 9. The van der Waals surface area contributed by atoms with Crippen LogP contribution in [0.25, 0.3) is 11.1 Å². The number of piperidine rings is 1. The molecule has 1 aliphatic heterocycles. The number of ether oxygens (including phenoxy) is 1. The molecule has 2 aromatic carbocycles. The molecule has 1 unspecified atom stereocenters. The van der Waals surface area contributed by atoms with E-state index in [9.17, 15) is 18.5 Å². The number of hydrogen-bond donors (Lipinski definition) is 2. The fourth-order valence-electron chi connectivity index (χ4n) is 5.34. The van der Waals surface area contributed by atoms with Gasteiger partial charge in [-0.15, -0.1) is 0 Å². The highest BCUT2D eigenvalue weighted by atomic mass is 32.2. The van der Waals surface area contributed by atoms with Crippen molar-refractivity contribution in [3.8, 4) is 17.2 Å². The Hall–Kier alpha value is -3.00. The summed E-state index contributed by atoms with van der Waals surface area (Å²) in [7, 11) is -3.39. The van der Waals surface area contributed by atoms with Crippen molar-refractivity contribution in [1.82, 2.24) is 10.2 Å². The standard InChI is InChI=1S/C28H35FN4O4S/c1-28(2,3)37-17-33-24-12-9-21(14-24)26(33)27(34)31-23(16-30)13-20-6-5-19(15-25(20)29)18-7-10-22(11-8-18)32-38(4,35)36/h5-8,10-11,15,21,23-24,26,32H,9,12-14,17H2,1-4H3,(H,31,34)/t21-,23?,24+,26-/m0/s1. The number of nitriles is 1. The van der Waals surface area contributed by atoms with E-state index in [4.69, 9.17) is 4.74 Å². The minimum atomic E-state index is -3.39. The molecule has 1 aliphatic carbocycles. The highest BCUT2D eigenvalue weighted by molar-refractivity contribution is 7.92. The number of nitrogens with one attached hydrogen (secondary N) is 2. The van der Waals surface area contributed by atoms with Crippen LogP contribution >= 0.6 is 0 Å². The Morgan fingerprint density at radius 2 is 1.87 bits per heavy atom. The summed E-state index contributed by atoms with van der Waals surface area (Å²) in [6.45, 7) is 6.30. The smallest absolute Gasteiger partial charge is 0.238 e. The molecule has 1 saturated heterocycles. The van der Waals surface area contributed by atoms with Crippen LogP contribution < -0.4 is 10.0 Å². The third kappa shape index (κ3) is 6.90. The highest BCUT2D eigenvalue weighted by Crippen LogP contribution is 2.42. The number of carbonyl (C=O) groups excluding carboxylic acids is 1. The number of amides is 1. The summed E-state index contributed by atoms with van der Waals surface area (Å²) >= 11 is 0. The van der Waals surface area contributed by atoms with Crippen LogP contribution in [0.5, 0.6) is 0 Å². The lowest BCUT2D eigenvalue weighted by molar-refractivity contribution is -0.136. The summed E-state index contributed by atoms with van der Waals surface area (Å²) in [5.41, 5.74) is 1.76. The van der Waals surface area contributed by atoms with Gasteiger partial charge in [0, 0.05) is 18.2 Å². The third-order valence-corrected chi connectivity index (χ3v) is 7.71. The van der Waals surface area contributed by atoms with Crippen molar-refractivity contribution in [3.05, 3.63) is 53.8 Å². The van der Waals surface area contributed by atoms with Gasteiger partial charge in [-0.25, -0.2) is 12.8 Å². The number of fused-ring (bicyclic) bond motifs is 2. The molecule has 1 heterocycles. The van der Waals surface area contributed by atoms with Gasteiger partial charge in [-0.05, 0) is 80.8 Å². The lowest BCUT2D eigenvalue weighted by atomic mass is 9.97. The van der Waals surface area contributed by atoms with Crippen molar-refractivity contribution in [1.29, 1.82) is 5.26 Å². The zero-order valence-electron chi connectivity index (χ0n) is 22.2. The first-order valence-electron chi connectivity index (χ1n) is 12.8. The Balaban J connectivity index is 1.41. The Kier molecular flexibility index (Phi) is 8.12. The summed E-state index contributed by atoms with van der Waals surface area (Å²) < 4.78 is 46.2. The largest absolute Gasteiger partial charge is 0.360 e. The van der Waals surface area contributed by atoms with Gasteiger partial charge in [0.05, 0.1) is 24.0 Å². The Labute approximate surface area is 224 Å². The van der Waals surface area contributed by atoms with E-state index < -0.39 is 21.9 Å². The molecule has 4 rings (SSSR count). The Bertz CT molecular complexity index is 1320. The molecule has 0 radical (unpaired) electrons. The van der Waals surface area contributed by atoms with Crippen LogP contribution in [-0.4, -0.2) is 55.9 Å². The first kappa shape index (κ1) is 28.0. The zero-order chi connectivity index (χ0) is 27.7. The second-order valence-electron chi connectivity index (χ2n) is 11.2. The molecule has 0 spiro atoms. The van der Waals surface area contributed by atoms with Crippen molar-refractivity contribution >= 4 is 21.6 Å². The average Bonchev–Trinajstić information content (AvgIpc) is 3.44. The van der Waals surface area contributed by atoms with Crippen molar-refractivity contribution in [2.45, 2.75) is 70.2 Å². The van der Waals surface area contributed by atoms with Crippen molar-refractivity contribution in [2.24, 2.45) is 5.92 Å². The summed E-state index contributed by atoms with van der Waals surface area (Å²) in [6, 6.07) is 12.6. The maximum absolute atomic E-state index is 15.0. The van der Waals surface area contributed by atoms with Gasteiger partial charge in [0.2, 0.25) is 15.9 Å². The van der Waals surface area contributed by atoms with Gasteiger partial charge in [0.1, 0.15) is 18.6 Å². The number of benzene rings is 2. The fourth-order valence-corrected chi connectivity index (χ4v) is 5.90. The zero-order valence-corrected chi connectivity index (χ0v) is 23.0. The molecule has 8 nitrogen and oxygen atoms in total. The van der Waals surface area contributed by atoms with Gasteiger partial charge in [0.15, 0.2) is 0 Å². The molecule has 4 atom stereocenters. The van der Waals surface area contributed by atoms with Crippen molar-refractivity contribution in [2.75, 3.05) is 17.7 Å². The predicted octanol–water partition coefficient (Wildman–Crippen LogP) is 4.04. The minimum Gasteiger partial charge on any atom is -0.360 e. The lowest BCUT2D eigenvalue weighted by Crippen LogP contribution is -2.53. The number of likely N-dealkylation sites (tertiary alicyclic amines) is 1. The quantitative estimate of drug-likeness (QED) is 0.495. The van der Waals surface area contributed by atoms with Crippen molar-refractivity contribution in [3.63, 3.8) is 0 Å². The normalized spacial score (nSPS) is 22.2. The molecule has 2 fully saturated rings. The van der Waals surface area contributed by atoms with Crippen LogP contribution in [0.4, 0.5) is 10.1 Å². The first-order valence-corrected chi connectivity index (χ1v) is 14.7. The third-order valence-electron chi connectivity index (χ3n) is 7.10. The number of nitrogens with zero attached hydrogens (tertiary/aromatic N) is 2. The molecule has 10 heteroatoms. The summed E-state index contributed by atoms with van der Waals surface area (Å²) in [5.74, 6) is -0.450. The molecule has 2 aromatic rings. The SMILES string of the molecule is CC(C)(C)OCN1[C@@H]2CC[C@@H](C2)[C@H]1C(=O)NC(C#N)Cc1ccc(-c2ccc(NS(C)(=O)=O)cc2)cc1F. The van der Waals surface area contributed by atoms with Crippen LogP contribution in [0.1, 0.15) is 45.6 Å². The molecular weight excluding hydrogens is 507 g/mol. The molecular formula is C28H35FN4O4S. The second kappa shape index (κ2) is 11.0. The van der Waals surface area contributed by atoms with E-state index in [1.54, 1.807) is 36.4 Å². The van der Waals surface area contributed by atoms with Crippen LogP contribution in [0.3, 0.4) is 0 Å². The monoisotopic (exact) mass is 542 g/mol. The van der Waals surface area contributed by atoms with E-state index in [0.717, 1.165) is 25.5 Å². The number of halogens is 1. The molecule has 2 bridgehead atoms. The average molecular weight is 543 g/mol. The molecule has 2 aliphatic rings. The van der Waals surface area contributed by atoms with Crippen molar-refractivity contribution < 1.29 is 22.3 Å². The molecule has 204 valence electrons. The van der Waals surface area contributed by atoms with E-state index in [2.05, 4.69) is 21.0 Å². The highest BCUT2D eigenvalue weighted by Gasteiger charge is 2.49. The number of carbonyl (C=O) groups is 1. The molecule has 2 N–H and O–H groups in total. The summed E-state index contributed by atoms with van der Waals surface area (Å²) in [5, 5.41) is 12.6. The van der Waals surface area contributed by atoms with E-state index in [0.29, 0.717) is 35.2 Å². The van der Waals surface area contributed by atoms with Gasteiger partial charge in [-0.1, -0.05) is 24.3 Å². The van der Waals surface area contributed by atoms with Gasteiger partial charge >= 0.3 is 0 Å². The van der Waals surface area contributed by atoms with Gasteiger partial charge in [-0.2, -0.15) is 5.26 Å². The summed E-state index contributed by atoms with van der Waals surface area (Å²) in [4.78, 5) is 15.4. The second-order valence-corrected chi connectivity index (χ2v) is 13.0. The van der Waals surface area contributed by atoms with E-state index >= 15 is 4.39 Å². The van der Waals surface area contributed by atoms with E-state index in [-0.39, 0.29) is 29.9 Å². The van der Waals surface area contributed by atoms with Gasteiger partial charge < -0.3 is 10.1 Å². The van der Waals surface area contributed by atoms with Crippen LogP contribution in [0.15, 0.2) is 42.5 Å². The lowest BCUT2D eigenvalue weighted by Gasteiger charge is -2.36. The summed E-state index contributed by atoms with van der Waals surface area (Å²) in [6.07, 6.45) is 4.09. The first-order chi connectivity index (χ1) is 17.8. The Morgan fingerprint density at radius 3 is 2.47 bits per heavy atom. The molecule has 1 amide bonds. The van der Waals surface area contributed by atoms with Gasteiger partial charge in [0.25, 0.3) is 0 Å². The maximum atomic E-state index is 15.0. The van der Waals surface area contributed by atoms with Gasteiger partial charge in [-0.3, -0.25) is 14.4 Å². The number of hydrogen-bond acceptors (Lipinski definition) is 6. The number of anilines is 1. The predicted molar refractivity (Wildman–Crippen MR) is 144 cm³/mol. The minimum absolute atomic E-state index is 0.0465. The van der Waals surface area contributed by atoms with Crippen LogP contribution in [0.2, 0.25) is 0 Å². The molecule has 1 saturated carbocycles. The van der Waals surface area contributed by atoms with E-state index in [1.165, 1.54) is 6.07 Å². The van der Waals surface area contributed by atoms with Crippen LogP contribution in [0, 0.1) is 23.1 Å². The topological polar surface area (TPSA) is 112 Å². The maximum Gasteiger partial charge on any atom is 0.238 e. The Morgan fingerprint density at radius 1 is 1.18 bits per heavy atom. The molecule has 0 aromatic heterocycles.